The molecule has 0 saturated heterocycles. The van der Waals surface area contributed by atoms with Gasteiger partial charge >= 0.3 is 5.97 Å². The normalized spacial score (nSPS) is 11.6. The first kappa shape index (κ1) is 15.7. The van der Waals surface area contributed by atoms with E-state index in [4.69, 9.17) is 5.11 Å². The molecule has 2 N–H and O–H groups in total. The Kier molecular flexibility index (Phi) is 5.10. The van der Waals surface area contributed by atoms with Crippen LogP contribution in [0.15, 0.2) is 34.1 Å². The number of aliphatic carboxylic acids is 1. The number of aromatic nitrogens is 2. The molecule has 9 heteroatoms. The Labute approximate surface area is 126 Å². The van der Waals surface area contributed by atoms with E-state index in [0.29, 0.717) is 13.0 Å². The largest absolute Gasteiger partial charge is 0.481 e. The highest BCUT2D eigenvalue weighted by Crippen LogP contribution is 2.09. The summed E-state index contributed by atoms with van der Waals surface area (Å²) >= 11 is 1.57. The van der Waals surface area contributed by atoms with E-state index >= 15 is 0 Å². The van der Waals surface area contributed by atoms with Crippen LogP contribution in [0.4, 0.5) is 0 Å². The lowest BCUT2D eigenvalue weighted by Crippen LogP contribution is -2.25. The first-order valence-electron chi connectivity index (χ1n) is 6.22. The van der Waals surface area contributed by atoms with Crippen molar-refractivity contribution in [1.29, 1.82) is 0 Å². The lowest BCUT2D eigenvalue weighted by Gasteiger charge is -2.03. The summed E-state index contributed by atoms with van der Waals surface area (Å²) in [6, 6.07) is 1.95. The third kappa shape index (κ3) is 4.66. The van der Waals surface area contributed by atoms with Gasteiger partial charge in [0.2, 0.25) is 10.0 Å². The highest BCUT2D eigenvalue weighted by atomic mass is 32.2. The second kappa shape index (κ2) is 6.83. The standard InChI is InChI=1S/C12H15N3O4S2/c16-12(17)2-5-15-8-11(7-13-15)21(18,19)14-4-1-10-3-6-20-9-10/h3,6-9,14H,1-2,4-5H2,(H,16,17). The van der Waals surface area contributed by atoms with E-state index in [1.165, 1.54) is 17.1 Å². The van der Waals surface area contributed by atoms with Gasteiger partial charge in [0, 0.05) is 12.7 Å². The highest BCUT2D eigenvalue weighted by molar-refractivity contribution is 7.89. The Morgan fingerprint density at radius 2 is 2.29 bits per heavy atom. The number of thiophene rings is 1. The Balaban J connectivity index is 1.91. The molecule has 2 aromatic rings. The molecule has 0 aliphatic carbocycles. The van der Waals surface area contributed by atoms with Crippen LogP contribution in [0.25, 0.3) is 0 Å². The van der Waals surface area contributed by atoms with Gasteiger partial charge in [-0.1, -0.05) is 0 Å². The molecule has 0 fully saturated rings. The number of carboxylic acids is 1. The van der Waals surface area contributed by atoms with Crippen molar-refractivity contribution in [3.8, 4) is 0 Å². The highest BCUT2D eigenvalue weighted by Gasteiger charge is 2.16. The summed E-state index contributed by atoms with van der Waals surface area (Å²) in [6.45, 7) is 0.444. The molecule has 0 unspecified atom stereocenters. The van der Waals surface area contributed by atoms with Crippen molar-refractivity contribution in [1.82, 2.24) is 14.5 Å². The zero-order valence-corrected chi connectivity index (χ0v) is 12.7. The molecule has 0 aliphatic rings. The van der Waals surface area contributed by atoms with Gasteiger partial charge in [-0.25, -0.2) is 13.1 Å². The van der Waals surface area contributed by atoms with Gasteiger partial charge in [-0.3, -0.25) is 9.48 Å². The van der Waals surface area contributed by atoms with Crippen LogP contribution in [-0.4, -0.2) is 35.8 Å². The van der Waals surface area contributed by atoms with E-state index in [0.717, 1.165) is 5.56 Å². The summed E-state index contributed by atoms with van der Waals surface area (Å²) in [7, 11) is -3.61. The predicted molar refractivity (Wildman–Crippen MR) is 77.7 cm³/mol. The van der Waals surface area contributed by atoms with Crippen molar-refractivity contribution in [3.63, 3.8) is 0 Å². The molecule has 0 aromatic carbocycles. The number of hydrogen-bond donors (Lipinski definition) is 2. The van der Waals surface area contributed by atoms with Gasteiger partial charge in [0.1, 0.15) is 4.90 Å². The molecule has 2 aromatic heterocycles. The molecule has 114 valence electrons. The lowest BCUT2D eigenvalue weighted by molar-refractivity contribution is -0.137. The molecule has 0 amide bonds. The molecule has 0 aliphatic heterocycles. The molecule has 2 rings (SSSR count). The monoisotopic (exact) mass is 329 g/mol. The minimum absolute atomic E-state index is 0.0400. The van der Waals surface area contributed by atoms with Crippen LogP contribution < -0.4 is 4.72 Å². The second-order valence-corrected chi connectivity index (χ2v) is 6.91. The number of nitrogens with one attached hydrogen (secondary N) is 1. The van der Waals surface area contributed by atoms with E-state index in [-0.39, 0.29) is 17.9 Å². The van der Waals surface area contributed by atoms with Crippen LogP contribution in [0.1, 0.15) is 12.0 Å². The van der Waals surface area contributed by atoms with Crippen molar-refractivity contribution in [2.75, 3.05) is 6.54 Å². The average molecular weight is 329 g/mol. The van der Waals surface area contributed by atoms with E-state index in [2.05, 4.69) is 9.82 Å². The van der Waals surface area contributed by atoms with Crippen LogP contribution in [0, 0.1) is 0 Å². The van der Waals surface area contributed by atoms with Crippen molar-refractivity contribution in [2.45, 2.75) is 24.3 Å². The Bertz CT molecular complexity index is 692. The third-order valence-electron chi connectivity index (χ3n) is 2.76. The molecule has 0 atom stereocenters. The molecule has 0 radical (unpaired) electrons. The first-order valence-corrected chi connectivity index (χ1v) is 8.65. The number of carbonyl (C=O) groups is 1. The molecule has 0 saturated carbocycles. The fourth-order valence-corrected chi connectivity index (χ4v) is 3.35. The molecule has 0 bridgehead atoms. The summed E-state index contributed by atoms with van der Waals surface area (Å²) in [5.74, 6) is -0.955. The number of aryl methyl sites for hydroxylation is 1. The first-order chi connectivity index (χ1) is 9.97. The van der Waals surface area contributed by atoms with E-state index < -0.39 is 16.0 Å². The molecule has 7 nitrogen and oxygen atoms in total. The predicted octanol–water partition coefficient (Wildman–Crippen LogP) is 0.940. The average Bonchev–Trinajstić information content (AvgIpc) is 3.07. The summed E-state index contributed by atoms with van der Waals surface area (Å²) < 4.78 is 27.9. The Hall–Kier alpha value is -1.71. The SMILES string of the molecule is O=C(O)CCn1cc(S(=O)(=O)NCCc2ccsc2)cn1. The molecule has 21 heavy (non-hydrogen) atoms. The van der Waals surface area contributed by atoms with Crippen LogP contribution in [0.2, 0.25) is 0 Å². The minimum Gasteiger partial charge on any atom is -0.481 e. The smallest absolute Gasteiger partial charge is 0.305 e. The van der Waals surface area contributed by atoms with Gasteiger partial charge in [0.15, 0.2) is 0 Å². The molecule has 0 spiro atoms. The number of hydrogen-bond acceptors (Lipinski definition) is 5. The van der Waals surface area contributed by atoms with Gasteiger partial charge in [-0.15, -0.1) is 0 Å². The Morgan fingerprint density at radius 3 is 2.95 bits per heavy atom. The maximum Gasteiger partial charge on any atom is 0.305 e. The van der Waals surface area contributed by atoms with E-state index in [1.807, 2.05) is 16.8 Å². The van der Waals surface area contributed by atoms with Gasteiger partial charge in [-0.2, -0.15) is 16.4 Å². The third-order valence-corrected chi connectivity index (χ3v) is 4.91. The van der Waals surface area contributed by atoms with Crippen LogP contribution >= 0.6 is 11.3 Å². The number of sulfonamides is 1. The Morgan fingerprint density at radius 1 is 1.48 bits per heavy atom. The molecule has 2 heterocycles. The van der Waals surface area contributed by atoms with Gasteiger partial charge in [-0.05, 0) is 28.8 Å². The molecular weight excluding hydrogens is 314 g/mol. The molecular formula is C12H15N3O4S2. The summed E-state index contributed by atoms with van der Waals surface area (Å²) in [5.41, 5.74) is 1.08. The second-order valence-electron chi connectivity index (χ2n) is 4.36. The summed E-state index contributed by atoms with van der Waals surface area (Å²) in [6.07, 6.45) is 3.06. The van der Waals surface area contributed by atoms with Crippen LogP contribution in [-0.2, 0) is 27.8 Å². The zero-order valence-electron chi connectivity index (χ0n) is 11.1. The summed E-state index contributed by atoms with van der Waals surface area (Å²) in [4.78, 5) is 10.5. The van der Waals surface area contributed by atoms with Gasteiger partial charge < -0.3 is 5.11 Å². The van der Waals surface area contributed by atoms with Crippen molar-refractivity contribution < 1.29 is 18.3 Å². The number of nitrogens with zero attached hydrogens (tertiary/aromatic N) is 2. The zero-order chi connectivity index (χ0) is 15.3. The van der Waals surface area contributed by atoms with E-state index in [9.17, 15) is 13.2 Å². The van der Waals surface area contributed by atoms with Crippen molar-refractivity contribution in [2.24, 2.45) is 0 Å². The maximum absolute atomic E-state index is 12.0. The van der Waals surface area contributed by atoms with E-state index in [1.54, 1.807) is 11.3 Å². The minimum atomic E-state index is -3.61. The summed E-state index contributed by atoms with van der Waals surface area (Å²) in [5, 5.41) is 16.3. The number of carboxylic acid groups (broad SMARTS) is 1. The van der Waals surface area contributed by atoms with Gasteiger partial charge in [0.25, 0.3) is 0 Å². The van der Waals surface area contributed by atoms with Crippen molar-refractivity contribution in [3.05, 3.63) is 34.8 Å². The lowest BCUT2D eigenvalue weighted by atomic mass is 10.2. The fourth-order valence-electron chi connectivity index (χ4n) is 1.66. The maximum atomic E-state index is 12.0. The van der Waals surface area contributed by atoms with Gasteiger partial charge in [0.05, 0.1) is 19.2 Å². The van der Waals surface area contributed by atoms with Crippen LogP contribution in [0.3, 0.4) is 0 Å². The topological polar surface area (TPSA) is 101 Å². The van der Waals surface area contributed by atoms with Crippen molar-refractivity contribution >= 4 is 27.3 Å². The number of rotatable bonds is 8. The fraction of sp³-hybridized carbons (Fsp3) is 0.333. The van der Waals surface area contributed by atoms with Crippen LogP contribution in [0.5, 0.6) is 0 Å². The quantitative estimate of drug-likeness (QED) is 0.750.